The maximum absolute atomic E-state index is 13.8. The lowest BCUT2D eigenvalue weighted by atomic mass is 9.39. The van der Waals surface area contributed by atoms with Crippen LogP contribution in [0.1, 0.15) is 86.1 Å². The van der Waals surface area contributed by atoms with Gasteiger partial charge in [0.15, 0.2) is 0 Å². The van der Waals surface area contributed by atoms with Gasteiger partial charge in [-0.25, -0.2) is 4.79 Å². The second-order valence-electron chi connectivity index (χ2n) is 14.3. The Morgan fingerprint density at radius 3 is 2.31 bits per heavy atom. The summed E-state index contributed by atoms with van der Waals surface area (Å²) >= 11 is 0. The molecule has 10 nitrogen and oxygen atoms in total. The van der Waals surface area contributed by atoms with E-state index < -0.39 is 76.5 Å². The van der Waals surface area contributed by atoms with Crippen molar-refractivity contribution in [3.8, 4) is 0 Å². The fourth-order valence-electron chi connectivity index (χ4n) is 10.1. The molecule has 0 amide bonds. The standard InChI is InChI=1S/C35H44O10/c1-9-17(2)32(39)45-31-29-30-33(6,16-41-29)25(42-19(4)36)14-26(43-20(5)37)34(30,7)24-13-27(38)44-23-12-22(21-10-11-40-15-21)18(3)28(23)35(24,31)8/h9-11,15,22-26,29-31H,12-14,16H2,1-8H3/b17-9+/t22?,23-,24+,25+,26-,29+,30-,31+,33+,34-,35+/m0/s1. The molecule has 10 heteroatoms. The van der Waals surface area contributed by atoms with Crippen LogP contribution in [0.25, 0.3) is 0 Å². The first-order valence-corrected chi connectivity index (χ1v) is 15.9. The third-order valence-corrected chi connectivity index (χ3v) is 12.0. The minimum atomic E-state index is -0.948. The first kappa shape index (κ1) is 31.6. The van der Waals surface area contributed by atoms with Crippen LogP contribution < -0.4 is 0 Å². The van der Waals surface area contributed by atoms with E-state index in [1.54, 1.807) is 32.4 Å². The van der Waals surface area contributed by atoms with E-state index >= 15 is 0 Å². The van der Waals surface area contributed by atoms with Crippen molar-refractivity contribution < 1.29 is 47.3 Å². The second-order valence-corrected chi connectivity index (χ2v) is 14.3. The summed E-state index contributed by atoms with van der Waals surface area (Å²) in [4.78, 5) is 52.5. The van der Waals surface area contributed by atoms with Gasteiger partial charge in [0.05, 0.1) is 25.2 Å². The molecule has 244 valence electrons. The number of rotatable bonds is 5. The molecule has 5 aliphatic rings. The van der Waals surface area contributed by atoms with E-state index in [4.69, 9.17) is 28.1 Å². The summed E-state index contributed by atoms with van der Waals surface area (Å²) < 4.78 is 36.9. The van der Waals surface area contributed by atoms with Crippen molar-refractivity contribution in [1.29, 1.82) is 0 Å². The van der Waals surface area contributed by atoms with Crippen LogP contribution in [0, 0.1) is 28.1 Å². The van der Waals surface area contributed by atoms with Gasteiger partial charge in [-0.1, -0.05) is 32.4 Å². The predicted octanol–water partition coefficient (Wildman–Crippen LogP) is 5.21. The van der Waals surface area contributed by atoms with E-state index in [-0.39, 0.29) is 31.3 Å². The number of esters is 4. The van der Waals surface area contributed by atoms with E-state index in [1.165, 1.54) is 13.8 Å². The van der Waals surface area contributed by atoms with E-state index in [0.717, 1.165) is 16.7 Å². The van der Waals surface area contributed by atoms with Gasteiger partial charge in [-0.3, -0.25) is 14.4 Å². The number of carbonyl (C=O) groups is 4. The highest BCUT2D eigenvalue weighted by Crippen LogP contribution is 2.72. The first-order valence-electron chi connectivity index (χ1n) is 15.9. The quantitative estimate of drug-likeness (QED) is 0.186. The molecule has 4 fully saturated rings. The average Bonchev–Trinajstić information content (AvgIpc) is 3.68. The summed E-state index contributed by atoms with van der Waals surface area (Å²) in [5.74, 6) is -2.68. The van der Waals surface area contributed by atoms with Crippen LogP contribution in [0.2, 0.25) is 0 Å². The van der Waals surface area contributed by atoms with Gasteiger partial charge in [-0.05, 0) is 50.3 Å². The highest BCUT2D eigenvalue weighted by Gasteiger charge is 2.78. The zero-order valence-electron chi connectivity index (χ0n) is 27.3. The molecule has 0 aromatic carbocycles. The maximum Gasteiger partial charge on any atom is 0.333 e. The molecular formula is C35H44O10. The van der Waals surface area contributed by atoms with Crippen LogP contribution in [-0.4, -0.2) is 61.0 Å². The third-order valence-electron chi connectivity index (χ3n) is 12.0. The predicted molar refractivity (Wildman–Crippen MR) is 159 cm³/mol. The lowest BCUT2D eigenvalue weighted by Gasteiger charge is -2.66. The smallest absolute Gasteiger partial charge is 0.333 e. The summed E-state index contributed by atoms with van der Waals surface area (Å²) in [6.45, 7) is 14.7. The van der Waals surface area contributed by atoms with E-state index in [0.29, 0.717) is 12.0 Å². The van der Waals surface area contributed by atoms with Crippen molar-refractivity contribution in [2.75, 3.05) is 6.61 Å². The van der Waals surface area contributed by atoms with Gasteiger partial charge < -0.3 is 28.1 Å². The average molecular weight is 625 g/mol. The minimum absolute atomic E-state index is 0.0304. The molecule has 1 unspecified atom stereocenters. The summed E-state index contributed by atoms with van der Waals surface area (Å²) in [7, 11) is 0. The molecule has 6 rings (SSSR count). The fourth-order valence-corrected chi connectivity index (χ4v) is 10.1. The molecule has 1 aromatic rings. The Labute approximate surface area is 263 Å². The molecular weight excluding hydrogens is 580 g/mol. The van der Waals surface area contributed by atoms with Gasteiger partial charge in [-0.2, -0.15) is 0 Å². The number of fused-ring (bicyclic) bond motifs is 4. The monoisotopic (exact) mass is 624 g/mol. The first-order chi connectivity index (χ1) is 21.2. The summed E-state index contributed by atoms with van der Waals surface area (Å²) in [5, 5.41) is 0. The molecule has 0 spiro atoms. The summed E-state index contributed by atoms with van der Waals surface area (Å²) in [6.07, 6.45) is 2.53. The van der Waals surface area contributed by atoms with Crippen LogP contribution in [0.4, 0.5) is 0 Å². The Morgan fingerprint density at radius 2 is 1.69 bits per heavy atom. The Morgan fingerprint density at radius 1 is 1.00 bits per heavy atom. The van der Waals surface area contributed by atoms with Gasteiger partial charge in [0, 0.05) is 60.3 Å². The zero-order valence-corrected chi connectivity index (χ0v) is 27.3. The van der Waals surface area contributed by atoms with Gasteiger partial charge in [0.2, 0.25) is 0 Å². The van der Waals surface area contributed by atoms with Crippen molar-refractivity contribution in [2.24, 2.45) is 28.1 Å². The fraction of sp³-hybridized carbons (Fsp3) is 0.657. The van der Waals surface area contributed by atoms with E-state index in [1.807, 2.05) is 13.0 Å². The molecule has 3 aliphatic carbocycles. The molecule has 1 aromatic heterocycles. The summed E-state index contributed by atoms with van der Waals surface area (Å²) in [5.41, 5.74) is 0.879. The van der Waals surface area contributed by atoms with Crippen LogP contribution >= 0.6 is 0 Å². The van der Waals surface area contributed by atoms with Crippen LogP contribution in [0.5, 0.6) is 0 Å². The number of allylic oxidation sites excluding steroid dienone is 2. The maximum atomic E-state index is 13.8. The molecule has 0 radical (unpaired) electrons. The number of hydrogen-bond acceptors (Lipinski definition) is 10. The van der Waals surface area contributed by atoms with Gasteiger partial charge in [-0.15, -0.1) is 0 Å². The number of hydrogen-bond donors (Lipinski definition) is 0. The minimum Gasteiger partial charge on any atom is -0.472 e. The second kappa shape index (κ2) is 10.9. The molecule has 0 bridgehead atoms. The molecule has 2 aliphatic heterocycles. The number of ether oxygens (including phenoxy) is 5. The SMILES string of the molecule is C/C=C(\C)C(=O)O[C@@H]1[C@@H]2OC[C@]3(C)[C@H](OC(C)=O)C[C@H](OC(C)=O)[C@@](C)([C@@H]23)[C@H]2CC(=O)O[C@H]3CC(c4ccoc4)C(C)=C3[C@]12C. The Bertz CT molecular complexity index is 1470. The molecule has 2 saturated carbocycles. The number of carbonyl (C=O) groups excluding carboxylic acids is 4. The van der Waals surface area contributed by atoms with Crippen molar-refractivity contribution in [3.05, 3.63) is 47.0 Å². The van der Waals surface area contributed by atoms with Gasteiger partial charge >= 0.3 is 23.9 Å². The molecule has 11 atom stereocenters. The van der Waals surface area contributed by atoms with Crippen LogP contribution in [-0.2, 0) is 42.9 Å². The van der Waals surface area contributed by atoms with Crippen LogP contribution in [0.3, 0.4) is 0 Å². The topological polar surface area (TPSA) is 128 Å². The van der Waals surface area contributed by atoms with Crippen molar-refractivity contribution in [3.63, 3.8) is 0 Å². The van der Waals surface area contributed by atoms with Gasteiger partial charge in [0.1, 0.15) is 24.4 Å². The number of furan rings is 1. The van der Waals surface area contributed by atoms with Crippen LogP contribution in [0.15, 0.2) is 45.8 Å². The lowest BCUT2D eigenvalue weighted by molar-refractivity contribution is -0.257. The van der Waals surface area contributed by atoms with Crippen molar-refractivity contribution >= 4 is 23.9 Å². The zero-order chi connectivity index (χ0) is 32.6. The van der Waals surface area contributed by atoms with E-state index in [2.05, 4.69) is 20.8 Å². The Balaban J connectivity index is 1.61. The Hall–Kier alpha value is -3.40. The van der Waals surface area contributed by atoms with Gasteiger partial charge in [0.25, 0.3) is 0 Å². The van der Waals surface area contributed by atoms with Crippen molar-refractivity contribution in [1.82, 2.24) is 0 Å². The largest absolute Gasteiger partial charge is 0.472 e. The molecule has 0 N–H and O–H groups in total. The highest BCUT2D eigenvalue weighted by atomic mass is 16.6. The Kier molecular flexibility index (Phi) is 7.61. The highest BCUT2D eigenvalue weighted by molar-refractivity contribution is 5.88. The summed E-state index contributed by atoms with van der Waals surface area (Å²) in [6, 6.07) is 1.92. The lowest BCUT2D eigenvalue weighted by Crippen LogP contribution is -2.72. The third kappa shape index (κ3) is 4.53. The molecule has 3 heterocycles. The molecule has 45 heavy (non-hydrogen) atoms. The molecule has 2 saturated heterocycles. The normalized spacial score (nSPS) is 42.1. The van der Waals surface area contributed by atoms with Crippen molar-refractivity contribution in [2.45, 2.75) is 111 Å². The van der Waals surface area contributed by atoms with E-state index in [9.17, 15) is 19.2 Å².